The van der Waals surface area contributed by atoms with Crippen molar-refractivity contribution in [3.8, 4) is 0 Å². The van der Waals surface area contributed by atoms with Crippen molar-refractivity contribution in [2.24, 2.45) is 0 Å². The highest BCUT2D eigenvalue weighted by atomic mass is 35.5. The Hall–Kier alpha value is -0.870. The smallest absolute Gasteiger partial charge is 0.224 e. The molecule has 1 aliphatic rings. The van der Waals surface area contributed by atoms with Gasteiger partial charge in [0, 0.05) is 16.7 Å². The Labute approximate surface area is 129 Å². The van der Waals surface area contributed by atoms with Gasteiger partial charge in [-0.05, 0) is 43.2 Å². The highest BCUT2D eigenvalue weighted by Gasteiger charge is 2.15. The van der Waals surface area contributed by atoms with Crippen LogP contribution in [0, 0.1) is 0 Å². The van der Waals surface area contributed by atoms with Crippen molar-refractivity contribution in [2.45, 2.75) is 43.8 Å². The summed E-state index contributed by atoms with van der Waals surface area (Å²) in [5.74, 6) is 1.06. The van der Waals surface area contributed by atoms with E-state index in [9.17, 15) is 4.79 Å². The standard InChI is InChI=1S/C15H21ClN2OS/c16-11-7-8-13(17)14(10-11)18-15(19)6-3-9-20-12-4-1-2-5-12/h7-8,10,12H,1-6,9,17H2,(H,18,19). The van der Waals surface area contributed by atoms with Crippen LogP contribution in [0.25, 0.3) is 0 Å². The van der Waals surface area contributed by atoms with E-state index in [1.165, 1.54) is 25.7 Å². The summed E-state index contributed by atoms with van der Waals surface area (Å²) in [6, 6.07) is 5.10. The van der Waals surface area contributed by atoms with E-state index in [2.05, 4.69) is 5.32 Å². The third-order valence-electron chi connectivity index (χ3n) is 3.49. The van der Waals surface area contributed by atoms with Crippen molar-refractivity contribution in [3.05, 3.63) is 23.2 Å². The molecule has 110 valence electrons. The number of anilines is 2. The zero-order chi connectivity index (χ0) is 14.4. The van der Waals surface area contributed by atoms with Crippen LogP contribution in [-0.2, 0) is 4.79 Å². The monoisotopic (exact) mass is 312 g/mol. The lowest BCUT2D eigenvalue weighted by atomic mass is 10.2. The zero-order valence-corrected chi connectivity index (χ0v) is 13.1. The number of carbonyl (C=O) groups is 1. The van der Waals surface area contributed by atoms with Gasteiger partial charge >= 0.3 is 0 Å². The number of nitrogens with one attached hydrogen (secondary N) is 1. The van der Waals surface area contributed by atoms with Crippen LogP contribution >= 0.6 is 23.4 Å². The first-order chi connectivity index (χ1) is 9.65. The number of hydrogen-bond acceptors (Lipinski definition) is 3. The summed E-state index contributed by atoms with van der Waals surface area (Å²) in [5.41, 5.74) is 6.95. The number of nitrogens with two attached hydrogens (primary N) is 1. The van der Waals surface area contributed by atoms with Crippen LogP contribution in [0.2, 0.25) is 5.02 Å². The number of nitrogen functional groups attached to an aromatic ring is 1. The molecule has 1 aromatic carbocycles. The molecule has 20 heavy (non-hydrogen) atoms. The highest BCUT2D eigenvalue weighted by molar-refractivity contribution is 7.99. The number of amides is 1. The number of thioether (sulfide) groups is 1. The van der Waals surface area contributed by atoms with Gasteiger partial charge in [-0.2, -0.15) is 11.8 Å². The van der Waals surface area contributed by atoms with Crippen molar-refractivity contribution in [1.29, 1.82) is 0 Å². The summed E-state index contributed by atoms with van der Waals surface area (Å²) in [4.78, 5) is 11.9. The summed E-state index contributed by atoms with van der Waals surface area (Å²) in [6.07, 6.45) is 6.86. The largest absolute Gasteiger partial charge is 0.397 e. The molecule has 0 aliphatic heterocycles. The first kappa shape index (κ1) is 15.5. The number of rotatable bonds is 6. The molecule has 3 N–H and O–H groups in total. The molecule has 0 atom stereocenters. The Morgan fingerprint density at radius 1 is 1.40 bits per heavy atom. The van der Waals surface area contributed by atoms with Gasteiger partial charge in [0.25, 0.3) is 0 Å². The van der Waals surface area contributed by atoms with Crippen molar-refractivity contribution in [2.75, 3.05) is 16.8 Å². The molecule has 0 radical (unpaired) electrons. The number of carbonyl (C=O) groups excluding carboxylic acids is 1. The Balaban J connectivity index is 1.68. The van der Waals surface area contributed by atoms with E-state index in [1.54, 1.807) is 18.2 Å². The van der Waals surface area contributed by atoms with Crippen LogP contribution in [0.4, 0.5) is 11.4 Å². The molecule has 1 amide bonds. The fourth-order valence-corrected chi connectivity index (χ4v) is 3.87. The Bertz CT molecular complexity index is 461. The van der Waals surface area contributed by atoms with Crippen molar-refractivity contribution in [3.63, 3.8) is 0 Å². The second-order valence-corrected chi connectivity index (χ2v) is 7.01. The lowest BCUT2D eigenvalue weighted by Gasteiger charge is -2.10. The quantitative estimate of drug-likeness (QED) is 0.607. The summed E-state index contributed by atoms with van der Waals surface area (Å²) < 4.78 is 0. The summed E-state index contributed by atoms with van der Waals surface area (Å²) >= 11 is 7.90. The molecule has 1 saturated carbocycles. The maximum absolute atomic E-state index is 11.9. The SMILES string of the molecule is Nc1ccc(Cl)cc1NC(=O)CCCSC1CCCC1. The van der Waals surface area contributed by atoms with Gasteiger partial charge in [0.1, 0.15) is 0 Å². The minimum Gasteiger partial charge on any atom is -0.397 e. The third-order valence-corrected chi connectivity index (χ3v) is 5.20. The molecule has 2 rings (SSSR count). The maximum atomic E-state index is 11.9. The number of hydrogen-bond donors (Lipinski definition) is 2. The van der Waals surface area contributed by atoms with Crippen LogP contribution in [0.5, 0.6) is 0 Å². The van der Waals surface area contributed by atoms with E-state index < -0.39 is 0 Å². The molecule has 1 aromatic rings. The summed E-state index contributed by atoms with van der Waals surface area (Å²) in [5, 5.41) is 4.22. The molecule has 0 aromatic heterocycles. The summed E-state index contributed by atoms with van der Waals surface area (Å²) in [6.45, 7) is 0. The van der Waals surface area contributed by atoms with Crippen LogP contribution in [-0.4, -0.2) is 16.9 Å². The van der Waals surface area contributed by atoms with Gasteiger partial charge in [0.2, 0.25) is 5.91 Å². The third kappa shape index (κ3) is 4.91. The maximum Gasteiger partial charge on any atom is 0.224 e. The second-order valence-electron chi connectivity index (χ2n) is 5.16. The van der Waals surface area contributed by atoms with E-state index >= 15 is 0 Å². The van der Waals surface area contributed by atoms with E-state index in [-0.39, 0.29) is 5.91 Å². The molecule has 3 nitrogen and oxygen atoms in total. The minimum atomic E-state index is 0.00555. The Morgan fingerprint density at radius 2 is 2.15 bits per heavy atom. The van der Waals surface area contributed by atoms with Crippen molar-refractivity contribution in [1.82, 2.24) is 0 Å². The van der Waals surface area contributed by atoms with Gasteiger partial charge in [-0.3, -0.25) is 4.79 Å². The molecule has 0 unspecified atom stereocenters. The van der Waals surface area contributed by atoms with Gasteiger partial charge < -0.3 is 11.1 Å². The second kappa shape index (κ2) is 7.79. The van der Waals surface area contributed by atoms with Gasteiger partial charge in [-0.15, -0.1) is 0 Å². The van der Waals surface area contributed by atoms with Crippen molar-refractivity contribution >= 4 is 40.6 Å². The molecule has 0 heterocycles. The molecule has 5 heteroatoms. The van der Waals surface area contributed by atoms with Crippen LogP contribution in [0.3, 0.4) is 0 Å². The van der Waals surface area contributed by atoms with E-state index in [1.807, 2.05) is 11.8 Å². The lowest BCUT2D eigenvalue weighted by molar-refractivity contribution is -0.116. The highest BCUT2D eigenvalue weighted by Crippen LogP contribution is 2.30. The van der Waals surface area contributed by atoms with Gasteiger partial charge in [0.15, 0.2) is 0 Å². The van der Waals surface area contributed by atoms with Crippen molar-refractivity contribution < 1.29 is 4.79 Å². The van der Waals surface area contributed by atoms with E-state index in [0.717, 1.165) is 17.4 Å². The molecule has 0 bridgehead atoms. The average molecular weight is 313 g/mol. The van der Waals surface area contributed by atoms with Crippen LogP contribution in [0.15, 0.2) is 18.2 Å². The number of benzene rings is 1. The predicted octanol–water partition coefficient (Wildman–Crippen LogP) is 4.32. The summed E-state index contributed by atoms with van der Waals surface area (Å²) in [7, 11) is 0. The molecular weight excluding hydrogens is 292 g/mol. The normalized spacial score (nSPS) is 15.4. The zero-order valence-electron chi connectivity index (χ0n) is 11.5. The molecule has 1 aliphatic carbocycles. The van der Waals surface area contributed by atoms with Crippen LogP contribution < -0.4 is 11.1 Å². The molecule has 0 saturated heterocycles. The predicted molar refractivity (Wildman–Crippen MR) is 88.4 cm³/mol. The van der Waals surface area contributed by atoms with E-state index in [0.29, 0.717) is 22.8 Å². The van der Waals surface area contributed by atoms with Gasteiger partial charge in [-0.1, -0.05) is 24.4 Å². The first-order valence-corrected chi connectivity index (χ1v) is 8.54. The molecular formula is C15H21ClN2OS. The molecule has 0 spiro atoms. The average Bonchev–Trinajstić information content (AvgIpc) is 2.92. The Morgan fingerprint density at radius 3 is 2.90 bits per heavy atom. The minimum absolute atomic E-state index is 0.00555. The van der Waals surface area contributed by atoms with Gasteiger partial charge in [0.05, 0.1) is 11.4 Å². The topological polar surface area (TPSA) is 55.1 Å². The first-order valence-electron chi connectivity index (χ1n) is 7.11. The van der Waals surface area contributed by atoms with Gasteiger partial charge in [-0.25, -0.2) is 0 Å². The Kier molecular flexibility index (Phi) is 6.05. The fraction of sp³-hybridized carbons (Fsp3) is 0.533. The fourth-order valence-electron chi connectivity index (χ4n) is 2.39. The lowest BCUT2D eigenvalue weighted by Crippen LogP contribution is -2.13. The van der Waals surface area contributed by atoms with Crippen LogP contribution in [0.1, 0.15) is 38.5 Å². The molecule has 1 fully saturated rings. The number of halogens is 1. The van der Waals surface area contributed by atoms with E-state index in [4.69, 9.17) is 17.3 Å².